The van der Waals surface area contributed by atoms with E-state index in [4.69, 9.17) is 0 Å². The summed E-state index contributed by atoms with van der Waals surface area (Å²) in [6.45, 7) is 5.60. The van der Waals surface area contributed by atoms with Gasteiger partial charge in [-0.3, -0.25) is 9.59 Å². The van der Waals surface area contributed by atoms with E-state index in [2.05, 4.69) is 11.9 Å². The zero-order valence-corrected chi connectivity index (χ0v) is 17.5. The average molecular weight is 420 g/mol. The number of nitrogens with one attached hydrogen (secondary N) is 1. The number of carbonyl (C=O) groups excluding carboxylic acids is 2. The van der Waals surface area contributed by atoms with Gasteiger partial charge in [-0.15, -0.1) is 0 Å². The van der Waals surface area contributed by atoms with Crippen LogP contribution in [0.2, 0.25) is 0 Å². The third kappa shape index (κ3) is 5.25. The molecule has 2 amide bonds. The first-order chi connectivity index (χ1) is 13.9. The van der Waals surface area contributed by atoms with Crippen molar-refractivity contribution in [2.75, 3.05) is 26.2 Å². The Balaban J connectivity index is 1.73. The van der Waals surface area contributed by atoms with Crippen LogP contribution in [0.5, 0.6) is 0 Å². The number of nitrogens with zero attached hydrogens (tertiary/aromatic N) is 2. The molecule has 2 saturated heterocycles. The third-order valence-electron chi connectivity index (χ3n) is 5.55. The van der Waals surface area contributed by atoms with Gasteiger partial charge in [-0.05, 0) is 62.4 Å². The second-order valence-electron chi connectivity index (χ2n) is 7.65. The molecule has 158 valence electrons. The van der Waals surface area contributed by atoms with E-state index in [1.165, 1.54) is 22.5 Å². The Morgan fingerprint density at radius 1 is 1.00 bits per heavy atom. The lowest BCUT2D eigenvalue weighted by Crippen LogP contribution is -2.44. The van der Waals surface area contributed by atoms with Crippen molar-refractivity contribution in [1.29, 1.82) is 0 Å². The molecule has 3 rings (SSSR count). The quantitative estimate of drug-likeness (QED) is 0.741. The number of sulfonamides is 1. The molecule has 2 fully saturated rings. The minimum absolute atomic E-state index is 0.0457. The van der Waals surface area contributed by atoms with Crippen LogP contribution < -0.4 is 5.32 Å². The fourth-order valence-electron chi connectivity index (χ4n) is 3.90. The highest BCUT2D eigenvalue weighted by atomic mass is 32.2. The molecule has 1 aromatic rings. The van der Waals surface area contributed by atoms with Crippen LogP contribution in [0, 0.1) is 0 Å². The van der Waals surface area contributed by atoms with Crippen LogP contribution >= 0.6 is 0 Å². The molecule has 2 aliphatic rings. The number of hydrogen-bond acceptors (Lipinski definition) is 4. The Hall–Kier alpha value is -2.19. The molecule has 0 aromatic heterocycles. The van der Waals surface area contributed by atoms with Gasteiger partial charge >= 0.3 is 0 Å². The molecule has 1 aromatic carbocycles. The molecule has 1 atom stereocenters. The SMILES string of the molecule is C=CC(=O)NC1CCCCN(S(=O)(=O)c2ccc(C(=O)N3CCCCC3)cc2)C1. The zero-order chi connectivity index (χ0) is 20.9. The smallest absolute Gasteiger partial charge is 0.253 e. The summed E-state index contributed by atoms with van der Waals surface area (Å²) in [4.78, 5) is 26.2. The van der Waals surface area contributed by atoms with E-state index in [0.717, 1.165) is 51.6 Å². The van der Waals surface area contributed by atoms with Gasteiger partial charge in [-0.2, -0.15) is 4.31 Å². The molecule has 0 radical (unpaired) electrons. The lowest BCUT2D eigenvalue weighted by atomic mass is 10.1. The van der Waals surface area contributed by atoms with Crippen LogP contribution in [0.1, 0.15) is 48.9 Å². The summed E-state index contributed by atoms with van der Waals surface area (Å²) in [6.07, 6.45) is 6.68. The van der Waals surface area contributed by atoms with Crippen molar-refractivity contribution in [2.24, 2.45) is 0 Å². The maximum Gasteiger partial charge on any atom is 0.253 e. The Kier molecular flexibility index (Phi) is 7.08. The van der Waals surface area contributed by atoms with Crippen molar-refractivity contribution in [3.8, 4) is 0 Å². The fourth-order valence-corrected chi connectivity index (χ4v) is 5.43. The highest BCUT2D eigenvalue weighted by Crippen LogP contribution is 2.22. The van der Waals surface area contributed by atoms with Gasteiger partial charge in [-0.1, -0.05) is 13.0 Å². The highest BCUT2D eigenvalue weighted by Gasteiger charge is 2.29. The lowest BCUT2D eigenvalue weighted by Gasteiger charge is -2.27. The minimum atomic E-state index is -3.70. The van der Waals surface area contributed by atoms with Crippen molar-refractivity contribution in [3.63, 3.8) is 0 Å². The van der Waals surface area contributed by atoms with Crippen molar-refractivity contribution in [2.45, 2.75) is 49.5 Å². The van der Waals surface area contributed by atoms with Crippen LogP contribution in [0.25, 0.3) is 0 Å². The summed E-state index contributed by atoms with van der Waals surface area (Å²) < 4.78 is 27.7. The van der Waals surface area contributed by atoms with Gasteiger partial charge in [0.25, 0.3) is 5.91 Å². The number of rotatable bonds is 5. The first-order valence-electron chi connectivity index (χ1n) is 10.2. The van der Waals surface area contributed by atoms with Crippen molar-refractivity contribution < 1.29 is 18.0 Å². The Morgan fingerprint density at radius 2 is 1.66 bits per heavy atom. The summed E-state index contributed by atoms with van der Waals surface area (Å²) in [5, 5.41) is 2.81. The standard InChI is InChI=1S/C21H29N3O4S/c1-2-20(25)22-18-8-4-7-15-24(16-18)29(27,28)19-11-9-17(10-12-19)21(26)23-13-5-3-6-14-23/h2,9-12,18H,1,3-8,13-16H2,(H,22,25). The molecule has 1 unspecified atom stereocenters. The monoisotopic (exact) mass is 419 g/mol. The molecule has 1 N–H and O–H groups in total. The van der Waals surface area contributed by atoms with Crippen LogP contribution in [0.3, 0.4) is 0 Å². The summed E-state index contributed by atoms with van der Waals surface area (Å²) >= 11 is 0. The van der Waals surface area contributed by atoms with E-state index in [-0.39, 0.29) is 29.3 Å². The zero-order valence-electron chi connectivity index (χ0n) is 16.7. The van der Waals surface area contributed by atoms with Crippen molar-refractivity contribution in [1.82, 2.24) is 14.5 Å². The van der Waals surface area contributed by atoms with Crippen molar-refractivity contribution >= 4 is 21.8 Å². The molecular weight excluding hydrogens is 390 g/mol. The molecular formula is C21H29N3O4S. The van der Waals surface area contributed by atoms with Gasteiger partial charge in [0.05, 0.1) is 4.90 Å². The molecule has 2 aliphatic heterocycles. The Labute approximate surface area is 172 Å². The summed E-state index contributed by atoms with van der Waals surface area (Å²) in [5.41, 5.74) is 0.512. The number of carbonyl (C=O) groups is 2. The molecule has 0 bridgehead atoms. The van der Waals surface area contributed by atoms with E-state index in [1.54, 1.807) is 12.1 Å². The normalized spacial score (nSPS) is 21.2. The summed E-state index contributed by atoms with van der Waals surface area (Å²) in [7, 11) is -3.70. The number of amides is 2. The van der Waals surface area contributed by atoms with E-state index in [1.807, 2.05) is 4.90 Å². The van der Waals surface area contributed by atoms with E-state index < -0.39 is 10.0 Å². The van der Waals surface area contributed by atoms with Crippen LogP contribution in [-0.4, -0.2) is 61.7 Å². The van der Waals surface area contributed by atoms with Crippen molar-refractivity contribution in [3.05, 3.63) is 42.5 Å². The van der Waals surface area contributed by atoms with Crippen LogP contribution in [0.15, 0.2) is 41.8 Å². The molecule has 0 spiro atoms. The maximum atomic E-state index is 13.1. The number of hydrogen-bond donors (Lipinski definition) is 1. The average Bonchev–Trinajstić information content (AvgIpc) is 3.00. The summed E-state index contributed by atoms with van der Waals surface area (Å²) in [5.74, 6) is -0.342. The van der Waals surface area contributed by atoms with Gasteiger partial charge < -0.3 is 10.2 Å². The molecule has 7 nitrogen and oxygen atoms in total. The van der Waals surface area contributed by atoms with E-state index in [0.29, 0.717) is 12.1 Å². The first kappa shape index (κ1) is 21.5. The van der Waals surface area contributed by atoms with Crippen LogP contribution in [-0.2, 0) is 14.8 Å². The largest absolute Gasteiger partial charge is 0.349 e. The second-order valence-corrected chi connectivity index (χ2v) is 9.58. The minimum Gasteiger partial charge on any atom is -0.349 e. The summed E-state index contributed by atoms with van der Waals surface area (Å²) in [6, 6.07) is 5.97. The topological polar surface area (TPSA) is 86.8 Å². The number of likely N-dealkylation sites (tertiary alicyclic amines) is 1. The Morgan fingerprint density at radius 3 is 2.31 bits per heavy atom. The van der Waals surface area contributed by atoms with E-state index in [9.17, 15) is 18.0 Å². The molecule has 8 heteroatoms. The number of piperidine rings is 1. The van der Waals surface area contributed by atoms with Gasteiger partial charge in [0.2, 0.25) is 15.9 Å². The van der Waals surface area contributed by atoms with Crippen LogP contribution in [0.4, 0.5) is 0 Å². The maximum absolute atomic E-state index is 13.1. The van der Waals surface area contributed by atoms with Gasteiger partial charge in [-0.25, -0.2) is 8.42 Å². The lowest BCUT2D eigenvalue weighted by molar-refractivity contribution is -0.117. The molecule has 0 saturated carbocycles. The fraction of sp³-hybridized carbons (Fsp3) is 0.524. The Bertz CT molecular complexity index is 845. The molecule has 0 aliphatic carbocycles. The highest BCUT2D eigenvalue weighted by molar-refractivity contribution is 7.89. The molecule has 2 heterocycles. The third-order valence-corrected chi connectivity index (χ3v) is 7.43. The van der Waals surface area contributed by atoms with Gasteiger partial charge in [0.1, 0.15) is 0 Å². The van der Waals surface area contributed by atoms with E-state index >= 15 is 0 Å². The van der Waals surface area contributed by atoms with Gasteiger partial charge in [0.15, 0.2) is 0 Å². The predicted octanol–water partition coefficient (Wildman–Crippen LogP) is 2.16. The predicted molar refractivity (Wildman–Crippen MR) is 111 cm³/mol. The first-order valence-corrected chi connectivity index (χ1v) is 11.7. The van der Waals surface area contributed by atoms with Gasteiger partial charge in [0, 0.05) is 37.8 Å². The number of benzene rings is 1. The molecule has 29 heavy (non-hydrogen) atoms. The second kappa shape index (κ2) is 9.54.